The van der Waals surface area contributed by atoms with Crippen molar-refractivity contribution < 1.29 is 9.90 Å². The molecule has 112 valence electrons. The maximum Gasteiger partial charge on any atom is 0.220 e. The Balaban J connectivity index is 1.70. The molecule has 1 aromatic carbocycles. The standard InChI is InChI=1S/C14H17ClN4O2/c15-12-5-2-1-4-11(12)13(20)8-17-14(21)6-3-7-19-10-16-9-18-19/h1-2,4-5,9-10,13,20H,3,6-8H2,(H,17,21). The summed E-state index contributed by atoms with van der Waals surface area (Å²) in [5.41, 5.74) is 0.613. The van der Waals surface area contributed by atoms with Gasteiger partial charge < -0.3 is 10.4 Å². The third kappa shape index (κ3) is 4.84. The average molecular weight is 309 g/mol. The molecular formula is C14H17ClN4O2. The lowest BCUT2D eigenvalue weighted by molar-refractivity contribution is -0.121. The van der Waals surface area contributed by atoms with Crippen LogP contribution in [0.3, 0.4) is 0 Å². The summed E-state index contributed by atoms with van der Waals surface area (Å²) in [6.45, 7) is 0.784. The number of hydrogen-bond donors (Lipinski definition) is 2. The van der Waals surface area contributed by atoms with E-state index in [-0.39, 0.29) is 12.5 Å². The van der Waals surface area contributed by atoms with Gasteiger partial charge in [0.15, 0.2) is 0 Å². The van der Waals surface area contributed by atoms with Crippen LogP contribution in [0, 0.1) is 0 Å². The molecule has 0 aliphatic heterocycles. The van der Waals surface area contributed by atoms with Crippen LogP contribution in [0.2, 0.25) is 5.02 Å². The Morgan fingerprint density at radius 1 is 1.43 bits per heavy atom. The van der Waals surface area contributed by atoms with Gasteiger partial charge in [0.25, 0.3) is 0 Å². The summed E-state index contributed by atoms with van der Waals surface area (Å²) in [5.74, 6) is -0.110. The van der Waals surface area contributed by atoms with Gasteiger partial charge in [-0.15, -0.1) is 0 Å². The van der Waals surface area contributed by atoms with Crippen molar-refractivity contribution in [2.24, 2.45) is 0 Å². The van der Waals surface area contributed by atoms with Crippen LogP contribution >= 0.6 is 11.6 Å². The third-order valence-electron chi connectivity index (χ3n) is 3.01. The maximum atomic E-state index is 11.7. The molecule has 2 N–H and O–H groups in total. The number of amides is 1. The lowest BCUT2D eigenvalue weighted by atomic mass is 10.1. The predicted octanol–water partition coefficient (Wildman–Crippen LogP) is 1.56. The van der Waals surface area contributed by atoms with Gasteiger partial charge in [-0.1, -0.05) is 29.8 Å². The molecule has 1 unspecified atom stereocenters. The minimum Gasteiger partial charge on any atom is -0.387 e. The third-order valence-corrected chi connectivity index (χ3v) is 3.36. The van der Waals surface area contributed by atoms with Crippen molar-refractivity contribution in [1.82, 2.24) is 20.1 Å². The normalized spacial score (nSPS) is 12.1. The second kappa shape index (κ2) is 7.75. The number of nitrogens with one attached hydrogen (secondary N) is 1. The van der Waals surface area contributed by atoms with E-state index in [0.29, 0.717) is 30.0 Å². The summed E-state index contributed by atoms with van der Waals surface area (Å²) in [6.07, 6.45) is 3.30. The molecule has 6 nitrogen and oxygen atoms in total. The molecule has 1 heterocycles. The van der Waals surface area contributed by atoms with Gasteiger partial charge in [-0.3, -0.25) is 9.48 Å². The fourth-order valence-corrected chi connectivity index (χ4v) is 2.17. The summed E-state index contributed by atoms with van der Waals surface area (Å²) >= 11 is 5.99. The molecule has 0 aliphatic carbocycles. The van der Waals surface area contributed by atoms with Crippen LogP contribution < -0.4 is 5.32 Å². The average Bonchev–Trinajstić information content (AvgIpc) is 2.98. The highest BCUT2D eigenvalue weighted by Crippen LogP contribution is 2.21. The van der Waals surface area contributed by atoms with Gasteiger partial charge >= 0.3 is 0 Å². The molecule has 1 atom stereocenters. The summed E-state index contributed by atoms with van der Waals surface area (Å²) < 4.78 is 1.67. The second-order valence-corrected chi connectivity index (χ2v) is 5.01. The van der Waals surface area contributed by atoms with Gasteiger partial charge in [-0.05, 0) is 12.5 Å². The molecule has 7 heteroatoms. The number of aromatic nitrogens is 3. The highest BCUT2D eigenvalue weighted by atomic mass is 35.5. The Hall–Kier alpha value is -1.92. The largest absolute Gasteiger partial charge is 0.387 e. The first-order valence-corrected chi connectivity index (χ1v) is 7.06. The van der Waals surface area contributed by atoms with Crippen LogP contribution in [0.15, 0.2) is 36.9 Å². The van der Waals surface area contributed by atoms with E-state index in [1.54, 1.807) is 35.3 Å². The molecular weight excluding hydrogens is 292 g/mol. The Kier molecular flexibility index (Phi) is 5.71. The summed E-state index contributed by atoms with van der Waals surface area (Å²) in [7, 11) is 0. The molecule has 0 saturated carbocycles. The quantitative estimate of drug-likeness (QED) is 0.813. The number of carbonyl (C=O) groups excluding carboxylic acids is 1. The van der Waals surface area contributed by atoms with Crippen LogP contribution in [0.5, 0.6) is 0 Å². The topological polar surface area (TPSA) is 80.0 Å². The molecule has 1 aromatic heterocycles. The second-order valence-electron chi connectivity index (χ2n) is 4.60. The molecule has 0 fully saturated rings. The number of halogens is 1. The van der Waals surface area contributed by atoms with Gasteiger partial charge in [0.2, 0.25) is 5.91 Å². The van der Waals surface area contributed by atoms with Crippen LogP contribution in [0.1, 0.15) is 24.5 Å². The van der Waals surface area contributed by atoms with Crippen molar-refractivity contribution in [2.45, 2.75) is 25.5 Å². The molecule has 0 radical (unpaired) electrons. The smallest absolute Gasteiger partial charge is 0.220 e. The van der Waals surface area contributed by atoms with Crippen LogP contribution in [0.4, 0.5) is 0 Å². The zero-order chi connectivity index (χ0) is 15.1. The Morgan fingerprint density at radius 2 is 2.24 bits per heavy atom. The molecule has 2 aromatic rings. The summed E-state index contributed by atoms with van der Waals surface area (Å²) in [4.78, 5) is 15.5. The number of aliphatic hydroxyl groups is 1. The summed E-state index contributed by atoms with van der Waals surface area (Å²) in [6, 6.07) is 7.04. The maximum absolute atomic E-state index is 11.7. The van der Waals surface area contributed by atoms with Gasteiger partial charge in [-0.25, -0.2) is 4.98 Å². The first-order chi connectivity index (χ1) is 10.2. The number of aryl methyl sites for hydroxylation is 1. The molecule has 1 amide bonds. The van der Waals surface area contributed by atoms with E-state index in [1.807, 2.05) is 0 Å². The number of rotatable bonds is 7. The molecule has 0 saturated heterocycles. The van der Waals surface area contributed by atoms with Crippen molar-refractivity contribution >= 4 is 17.5 Å². The number of carbonyl (C=O) groups is 1. The fourth-order valence-electron chi connectivity index (χ4n) is 1.90. The van der Waals surface area contributed by atoms with Gasteiger partial charge in [0.1, 0.15) is 12.7 Å². The Morgan fingerprint density at radius 3 is 2.95 bits per heavy atom. The minimum absolute atomic E-state index is 0.110. The van der Waals surface area contributed by atoms with Crippen molar-refractivity contribution in [1.29, 1.82) is 0 Å². The van der Waals surface area contributed by atoms with Crippen molar-refractivity contribution in [2.75, 3.05) is 6.54 Å². The van der Waals surface area contributed by atoms with E-state index in [0.717, 1.165) is 0 Å². The van der Waals surface area contributed by atoms with Gasteiger partial charge in [-0.2, -0.15) is 5.10 Å². The lowest BCUT2D eigenvalue weighted by Crippen LogP contribution is -2.28. The first kappa shape index (κ1) is 15.5. The highest BCUT2D eigenvalue weighted by molar-refractivity contribution is 6.31. The zero-order valence-corrected chi connectivity index (χ0v) is 12.2. The van der Waals surface area contributed by atoms with Crippen LogP contribution in [-0.4, -0.2) is 32.3 Å². The predicted molar refractivity (Wildman–Crippen MR) is 78.7 cm³/mol. The van der Waals surface area contributed by atoms with Crippen molar-refractivity contribution in [3.63, 3.8) is 0 Å². The van der Waals surface area contributed by atoms with Crippen molar-refractivity contribution in [3.05, 3.63) is 47.5 Å². The van der Waals surface area contributed by atoms with E-state index in [2.05, 4.69) is 15.4 Å². The van der Waals surface area contributed by atoms with E-state index in [1.165, 1.54) is 6.33 Å². The molecule has 0 bridgehead atoms. The van der Waals surface area contributed by atoms with Crippen molar-refractivity contribution in [3.8, 4) is 0 Å². The number of benzene rings is 1. The van der Waals surface area contributed by atoms with E-state index < -0.39 is 6.10 Å². The van der Waals surface area contributed by atoms with Gasteiger partial charge in [0.05, 0.1) is 6.10 Å². The number of hydrogen-bond acceptors (Lipinski definition) is 4. The van der Waals surface area contributed by atoms with Crippen LogP contribution in [-0.2, 0) is 11.3 Å². The van der Waals surface area contributed by atoms with E-state index >= 15 is 0 Å². The number of aliphatic hydroxyl groups excluding tert-OH is 1. The first-order valence-electron chi connectivity index (χ1n) is 6.68. The highest BCUT2D eigenvalue weighted by Gasteiger charge is 2.12. The Bertz CT molecular complexity index is 574. The summed E-state index contributed by atoms with van der Waals surface area (Å²) in [5, 5.41) is 17.1. The molecule has 0 aliphatic rings. The van der Waals surface area contributed by atoms with E-state index in [4.69, 9.17) is 11.6 Å². The lowest BCUT2D eigenvalue weighted by Gasteiger charge is -2.13. The SMILES string of the molecule is O=C(CCCn1cncn1)NCC(O)c1ccccc1Cl. The minimum atomic E-state index is -0.807. The monoisotopic (exact) mass is 308 g/mol. The number of nitrogens with zero attached hydrogens (tertiary/aromatic N) is 3. The zero-order valence-electron chi connectivity index (χ0n) is 11.4. The molecule has 0 spiro atoms. The fraction of sp³-hybridized carbons (Fsp3) is 0.357. The molecule has 21 heavy (non-hydrogen) atoms. The Labute approximate surface area is 127 Å². The van der Waals surface area contributed by atoms with Gasteiger partial charge in [0, 0.05) is 30.1 Å². The molecule has 2 rings (SSSR count). The van der Waals surface area contributed by atoms with E-state index in [9.17, 15) is 9.90 Å². The van der Waals surface area contributed by atoms with Crippen LogP contribution in [0.25, 0.3) is 0 Å².